The van der Waals surface area contributed by atoms with E-state index in [9.17, 15) is 14.7 Å². The summed E-state index contributed by atoms with van der Waals surface area (Å²) in [5.74, 6) is -0.0763. The lowest BCUT2D eigenvalue weighted by Crippen LogP contribution is -2.61. The zero-order valence-electron chi connectivity index (χ0n) is 14.9. The number of rotatable bonds is 3. The molecular weight excluding hydrogens is 334 g/mol. The van der Waals surface area contributed by atoms with Crippen LogP contribution in [0.25, 0.3) is 5.52 Å². The number of hydrogen-bond acceptors (Lipinski definition) is 4. The van der Waals surface area contributed by atoms with E-state index < -0.39 is 5.41 Å². The van der Waals surface area contributed by atoms with Crippen LogP contribution in [-0.2, 0) is 9.53 Å². The number of fused-ring (bicyclic) bond motifs is 1. The van der Waals surface area contributed by atoms with Crippen molar-refractivity contribution in [1.82, 2.24) is 14.2 Å². The molecular formula is C19H23N3O4. The summed E-state index contributed by atoms with van der Waals surface area (Å²) in [6.07, 6.45) is 3.79. The van der Waals surface area contributed by atoms with Crippen LogP contribution in [0, 0.1) is 12.3 Å². The number of carbonyl (C=O) groups excluding carboxylic acids is 2. The van der Waals surface area contributed by atoms with Crippen molar-refractivity contribution in [2.45, 2.75) is 6.92 Å². The molecule has 2 aliphatic heterocycles. The Hall–Kier alpha value is -2.38. The summed E-state index contributed by atoms with van der Waals surface area (Å²) >= 11 is 0. The number of carbonyl (C=O) groups is 2. The predicted molar refractivity (Wildman–Crippen MR) is 95.0 cm³/mol. The monoisotopic (exact) mass is 357 g/mol. The molecule has 2 amide bonds. The number of aromatic nitrogens is 1. The van der Waals surface area contributed by atoms with E-state index in [-0.39, 0.29) is 31.6 Å². The molecule has 0 spiro atoms. The Labute approximate surface area is 151 Å². The number of amides is 2. The largest absolute Gasteiger partial charge is 0.395 e. The summed E-state index contributed by atoms with van der Waals surface area (Å²) in [7, 11) is 0. The molecule has 2 saturated heterocycles. The number of piperazine rings is 1. The van der Waals surface area contributed by atoms with E-state index in [0.29, 0.717) is 31.7 Å². The molecule has 0 radical (unpaired) electrons. The van der Waals surface area contributed by atoms with Crippen LogP contribution in [0.1, 0.15) is 15.9 Å². The number of aliphatic hydroxyl groups is 1. The SMILES string of the molecule is Cc1cccn2cc(C(=O)N3CCN(C(=O)C4(CO)COC4)CC3)cc12. The van der Waals surface area contributed by atoms with Crippen LogP contribution in [0.4, 0.5) is 0 Å². The Morgan fingerprint density at radius 2 is 1.88 bits per heavy atom. The molecule has 7 nitrogen and oxygen atoms in total. The van der Waals surface area contributed by atoms with Crippen molar-refractivity contribution in [1.29, 1.82) is 0 Å². The summed E-state index contributed by atoms with van der Waals surface area (Å²) in [4.78, 5) is 29.0. The van der Waals surface area contributed by atoms with E-state index in [1.165, 1.54) is 0 Å². The maximum Gasteiger partial charge on any atom is 0.255 e. The van der Waals surface area contributed by atoms with Gasteiger partial charge in [-0.2, -0.15) is 0 Å². The molecule has 4 rings (SSSR count). The van der Waals surface area contributed by atoms with Gasteiger partial charge in [0.25, 0.3) is 5.91 Å². The fourth-order valence-electron chi connectivity index (χ4n) is 3.66. The highest BCUT2D eigenvalue weighted by Crippen LogP contribution is 2.30. The van der Waals surface area contributed by atoms with Gasteiger partial charge in [-0.1, -0.05) is 6.07 Å². The van der Waals surface area contributed by atoms with Crippen molar-refractivity contribution in [3.05, 3.63) is 41.7 Å². The third-order valence-corrected chi connectivity index (χ3v) is 5.46. The summed E-state index contributed by atoms with van der Waals surface area (Å²) in [6.45, 7) is 4.35. The Balaban J connectivity index is 1.43. The summed E-state index contributed by atoms with van der Waals surface area (Å²) in [6, 6.07) is 5.90. The molecule has 0 saturated carbocycles. The van der Waals surface area contributed by atoms with Crippen molar-refractivity contribution in [3.8, 4) is 0 Å². The molecule has 26 heavy (non-hydrogen) atoms. The van der Waals surface area contributed by atoms with Gasteiger partial charge in [0.1, 0.15) is 5.41 Å². The Bertz CT molecular complexity index is 842. The summed E-state index contributed by atoms with van der Waals surface area (Å²) in [5, 5.41) is 9.52. The summed E-state index contributed by atoms with van der Waals surface area (Å²) in [5.41, 5.74) is 2.04. The van der Waals surface area contributed by atoms with Gasteiger partial charge >= 0.3 is 0 Å². The van der Waals surface area contributed by atoms with Gasteiger partial charge in [0, 0.05) is 44.1 Å². The van der Waals surface area contributed by atoms with Gasteiger partial charge in [-0.05, 0) is 24.6 Å². The highest BCUT2D eigenvalue weighted by molar-refractivity contribution is 5.96. The van der Waals surface area contributed by atoms with Gasteiger partial charge in [-0.3, -0.25) is 9.59 Å². The zero-order chi connectivity index (χ0) is 18.3. The Morgan fingerprint density at radius 3 is 2.46 bits per heavy atom. The lowest BCUT2D eigenvalue weighted by molar-refractivity contribution is -0.181. The maximum absolute atomic E-state index is 12.8. The van der Waals surface area contributed by atoms with Gasteiger partial charge in [0.2, 0.25) is 5.91 Å². The summed E-state index contributed by atoms with van der Waals surface area (Å²) < 4.78 is 7.08. The first-order valence-corrected chi connectivity index (χ1v) is 8.89. The second-order valence-corrected chi connectivity index (χ2v) is 7.23. The second kappa shape index (κ2) is 6.41. The minimum absolute atomic E-state index is 0.0101. The molecule has 0 atom stereocenters. The van der Waals surface area contributed by atoms with Gasteiger partial charge in [-0.15, -0.1) is 0 Å². The minimum atomic E-state index is -0.774. The topological polar surface area (TPSA) is 74.5 Å². The first kappa shape index (κ1) is 17.1. The molecule has 0 aromatic carbocycles. The van der Waals surface area contributed by atoms with Crippen LogP contribution in [0.2, 0.25) is 0 Å². The third-order valence-electron chi connectivity index (χ3n) is 5.46. The number of aliphatic hydroxyl groups excluding tert-OH is 1. The van der Waals surface area contributed by atoms with E-state index in [2.05, 4.69) is 0 Å². The van der Waals surface area contributed by atoms with E-state index in [0.717, 1.165) is 11.1 Å². The highest BCUT2D eigenvalue weighted by atomic mass is 16.5. The second-order valence-electron chi connectivity index (χ2n) is 7.23. The van der Waals surface area contributed by atoms with Crippen molar-refractivity contribution in [2.24, 2.45) is 5.41 Å². The molecule has 7 heteroatoms. The van der Waals surface area contributed by atoms with Crippen LogP contribution >= 0.6 is 0 Å². The average Bonchev–Trinajstić information content (AvgIpc) is 3.06. The van der Waals surface area contributed by atoms with Crippen LogP contribution in [0.15, 0.2) is 30.6 Å². The lowest BCUT2D eigenvalue weighted by atomic mass is 9.85. The fraction of sp³-hybridized carbons (Fsp3) is 0.474. The van der Waals surface area contributed by atoms with Gasteiger partial charge < -0.3 is 24.0 Å². The van der Waals surface area contributed by atoms with E-state index in [1.54, 1.807) is 9.80 Å². The zero-order valence-corrected chi connectivity index (χ0v) is 14.9. The van der Waals surface area contributed by atoms with Crippen LogP contribution in [0.3, 0.4) is 0 Å². The van der Waals surface area contributed by atoms with E-state index >= 15 is 0 Å². The lowest BCUT2D eigenvalue weighted by Gasteiger charge is -2.44. The average molecular weight is 357 g/mol. The Morgan fingerprint density at radius 1 is 1.19 bits per heavy atom. The molecule has 2 fully saturated rings. The molecule has 138 valence electrons. The Kier molecular flexibility index (Phi) is 4.20. The number of aryl methyl sites for hydroxylation is 1. The first-order chi connectivity index (χ1) is 12.5. The highest BCUT2D eigenvalue weighted by Gasteiger charge is 2.48. The molecule has 2 aliphatic rings. The molecule has 0 aliphatic carbocycles. The number of ether oxygens (including phenoxy) is 1. The smallest absolute Gasteiger partial charge is 0.255 e. The minimum Gasteiger partial charge on any atom is -0.395 e. The third kappa shape index (κ3) is 2.68. The molecule has 2 aromatic heterocycles. The molecule has 2 aromatic rings. The molecule has 1 N–H and O–H groups in total. The quantitative estimate of drug-likeness (QED) is 0.870. The molecule has 4 heterocycles. The van der Waals surface area contributed by atoms with Crippen LogP contribution in [0.5, 0.6) is 0 Å². The fourth-order valence-corrected chi connectivity index (χ4v) is 3.66. The predicted octanol–water partition coefficient (Wildman–Crippen LogP) is 0.541. The van der Waals surface area contributed by atoms with Crippen molar-refractivity contribution in [3.63, 3.8) is 0 Å². The number of nitrogens with zero attached hydrogens (tertiary/aromatic N) is 3. The number of pyridine rings is 1. The van der Waals surface area contributed by atoms with Crippen molar-refractivity contribution < 1.29 is 19.4 Å². The van der Waals surface area contributed by atoms with Crippen molar-refractivity contribution in [2.75, 3.05) is 46.0 Å². The van der Waals surface area contributed by atoms with Gasteiger partial charge in [0.15, 0.2) is 0 Å². The maximum atomic E-state index is 12.8. The standard InChI is InChI=1S/C19H23N3O4/c1-14-3-2-4-22-10-15(9-16(14)22)17(24)20-5-7-21(8-6-20)18(25)19(11-23)12-26-13-19/h2-4,9-10,23H,5-8,11-13H2,1H3. The molecule has 0 bridgehead atoms. The van der Waals surface area contributed by atoms with Gasteiger partial charge in [-0.25, -0.2) is 0 Å². The van der Waals surface area contributed by atoms with E-state index in [4.69, 9.17) is 4.74 Å². The first-order valence-electron chi connectivity index (χ1n) is 8.89. The number of hydrogen-bond donors (Lipinski definition) is 1. The van der Waals surface area contributed by atoms with Crippen LogP contribution < -0.4 is 0 Å². The van der Waals surface area contributed by atoms with Crippen molar-refractivity contribution >= 4 is 17.3 Å². The normalized spacial score (nSPS) is 19.5. The van der Waals surface area contributed by atoms with Crippen LogP contribution in [-0.4, -0.2) is 77.1 Å². The molecule has 0 unspecified atom stereocenters. The van der Waals surface area contributed by atoms with Gasteiger partial charge in [0.05, 0.1) is 25.4 Å². The van der Waals surface area contributed by atoms with E-state index in [1.807, 2.05) is 41.9 Å².